The average molecular weight is 327 g/mol. The second-order valence-electron chi connectivity index (χ2n) is 6.56. The van der Waals surface area contributed by atoms with Crippen LogP contribution in [-0.4, -0.2) is 47.2 Å². The quantitative estimate of drug-likeness (QED) is 0.921. The number of piperidine rings is 1. The van der Waals surface area contributed by atoms with Gasteiger partial charge >= 0.3 is 6.09 Å². The van der Waals surface area contributed by atoms with E-state index in [0.717, 1.165) is 32.5 Å². The molecule has 0 saturated carbocycles. The fourth-order valence-electron chi connectivity index (χ4n) is 2.48. The van der Waals surface area contributed by atoms with Crippen molar-refractivity contribution >= 4 is 17.6 Å². The Labute approximate surface area is 136 Å². The van der Waals surface area contributed by atoms with Gasteiger partial charge in [-0.25, -0.2) is 4.79 Å². The van der Waals surface area contributed by atoms with Crippen molar-refractivity contribution in [2.45, 2.75) is 51.8 Å². The smallest absolute Gasteiger partial charge is 0.407 e. The minimum absolute atomic E-state index is 0.137. The number of hydrogen-bond donors (Lipinski definition) is 1. The van der Waals surface area contributed by atoms with Crippen LogP contribution in [0.15, 0.2) is 6.07 Å². The van der Waals surface area contributed by atoms with Crippen molar-refractivity contribution in [3.8, 4) is 5.88 Å². The molecule has 1 saturated heterocycles. The minimum Gasteiger partial charge on any atom is -0.480 e. The number of likely N-dealkylation sites (tertiary alicyclic amines) is 1. The van der Waals surface area contributed by atoms with Crippen molar-refractivity contribution in [3.63, 3.8) is 0 Å². The number of nitrogens with zero attached hydrogens (tertiary/aromatic N) is 2. The average Bonchev–Trinajstić information content (AvgIpc) is 2.84. The third-order valence-corrected chi connectivity index (χ3v) is 4.10. The molecule has 22 heavy (non-hydrogen) atoms. The van der Waals surface area contributed by atoms with E-state index < -0.39 is 5.60 Å². The van der Waals surface area contributed by atoms with E-state index in [9.17, 15) is 4.79 Å². The van der Waals surface area contributed by atoms with Crippen LogP contribution in [0.1, 0.15) is 38.5 Å². The fraction of sp³-hybridized carbons (Fsp3) is 0.733. The number of rotatable bonds is 4. The largest absolute Gasteiger partial charge is 0.480 e. The number of amides is 1. The van der Waals surface area contributed by atoms with Crippen LogP contribution >= 0.6 is 11.5 Å². The van der Waals surface area contributed by atoms with Crippen molar-refractivity contribution in [1.29, 1.82) is 0 Å². The normalized spacial score (nSPS) is 19.7. The molecule has 2 rings (SSSR count). The van der Waals surface area contributed by atoms with Crippen LogP contribution in [0.25, 0.3) is 0 Å². The molecule has 124 valence electrons. The molecule has 0 aliphatic carbocycles. The van der Waals surface area contributed by atoms with E-state index >= 15 is 0 Å². The summed E-state index contributed by atoms with van der Waals surface area (Å²) in [4.78, 5) is 15.4. The maximum atomic E-state index is 11.9. The number of methoxy groups -OCH3 is 1. The van der Waals surface area contributed by atoms with Crippen LogP contribution in [0.4, 0.5) is 4.79 Å². The van der Waals surface area contributed by atoms with Gasteiger partial charge in [-0.3, -0.25) is 4.90 Å². The second kappa shape index (κ2) is 7.28. The van der Waals surface area contributed by atoms with Gasteiger partial charge in [-0.2, -0.15) is 4.37 Å². The summed E-state index contributed by atoms with van der Waals surface area (Å²) in [5, 5.41) is 2.97. The number of ether oxygens (including phenoxy) is 2. The van der Waals surface area contributed by atoms with Crippen LogP contribution in [0.2, 0.25) is 0 Å². The minimum atomic E-state index is -0.461. The topological polar surface area (TPSA) is 63.7 Å². The van der Waals surface area contributed by atoms with Crippen molar-refractivity contribution in [2.24, 2.45) is 0 Å². The lowest BCUT2D eigenvalue weighted by atomic mass is 10.1. The Morgan fingerprint density at radius 1 is 1.55 bits per heavy atom. The SMILES string of the molecule is COc1cc(CN2CCCC(NC(=O)OC(C)(C)C)C2)sn1. The van der Waals surface area contributed by atoms with Gasteiger partial charge < -0.3 is 14.8 Å². The predicted molar refractivity (Wildman–Crippen MR) is 86.3 cm³/mol. The highest BCUT2D eigenvalue weighted by atomic mass is 32.1. The molecule has 7 heteroatoms. The van der Waals surface area contributed by atoms with Gasteiger partial charge in [0.1, 0.15) is 5.60 Å². The second-order valence-corrected chi connectivity index (χ2v) is 7.45. The first-order valence-electron chi connectivity index (χ1n) is 7.57. The first-order valence-corrected chi connectivity index (χ1v) is 8.34. The first-order chi connectivity index (χ1) is 10.4. The number of hydrogen-bond acceptors (Lipinski definition) is 6. The molecule has 1 amide bonds. The van der Waals surface area contributed by atoms with Crippen molar-refractivity contribution in [1.82, 2.24) is 14.6 Å². The molecule has 0 bridgehead atoms. The molecule has 1 aromatic heterocycles. The highest BCUT2D eigenvalue weighted by Crippen LogP contribution is 2.20. The van der Waals surface area contributed by atoms with Gasteiger partial charge in [0.25, 0.3) is 0 Å². The number of aromatic nitrogens is 1. The van der Waals surface area contributed by atoms with Gasteiger partial charge in [-0.15, -0.1) is 0 Å². The molecule has 1 aromatic rings. The van der Waals surface area contributed by atoms with Crippen LogP contribution < -0.4 is 10.1 Å². The maximum Gasteiger partial charge on any atom is 0.407 e. The van der Waals surface area contributed by atoms with Crippen LogP contribution in [0.3, 0.4) is 0 Å². The molecule has 1 fully saturated rings. The summed E-state index contributed by atoms with van der Waals surface area (Å²) in [6.07, 6.45) is 1.72. The summed E-state index contributed by atoms with van der Waals surface area (Å²) < 4.78 is 14.6. The van der Waals surface area contributed by atoms with E-state index in [1.54, 1.807) is 7.11 Å². The van der Waals surface area contributed by atoms with Gasteiger partial charge in [-0.1, -0.05) is 0 Å². The van der Waals surface area contributed by atoms with Crippen molar-refractivity contribution in [3.05, 3.63) is 10.9 Å². The van der Waals surface area contributed by atoms with Crippen LogP contribution in [0, 0.1) is 0 Å². The van der Waals surface area contributed by atoms with E-state index in [1.165, 1.54) is 16.4 Å². The lowest BCUT2D eigenvalue weighted by Gasteiger charge is -2.33. The third-order valence-electron chi connectivity index (χ3n) is 3.35. The summed E-state index contributed by atoms with van der Waals surface area (Å²) in [7, 11) is 1.63. The Bertz CT molecular complexity index is 498. The molecule has 0 aromatic carbocycles. The molecule has 2 heterocycles. The van der Waals surface area contributed by atoms with Crippen LogP contribution in [-0.2, 0) is 11.3 Å². The number of carbonyl (C=O) groups excluding carboxylic acids is 1. The van der Waals surface area contributed by atoms with Gasteiger partial charge in [-0.05, 0) is 51.7 Å². The highest BCUT2D eigenvalue weighted by Gasteiger charge is 2.24. The molecule has 1 aliphatic heterocycles. The van der Waals surface area contributed by atoms with Gasteiger partial charge in [0, 0.05) is 30.1 Å². The zero-order valence-electron chi connectivity index (χ0n) is 13.7. The summed E-state index contributed by atoms with van der Waals surface area (Å²) in [5.41, 5.74) is -0.461. The maximum absolute atomic E-state index is 11.9. The molecule has 1 unspecified atom stereocenters. The molecule has 1 atom stereocenters. The number of alkyl carbamates (subject to hydrolysis) is 1. The van der Waals surface area contributed by atoms with E-state index in [4.69, 9.17) is 9.47 Å². The molecule has 1 aliphatic rings. The third kappa shape index (κ3) is 5.46. The molecule has 6 nitrogen and oxygen atoms in total. The van der Waals surface area contributed by atoms with Crippen molar-refractivity contribution in [2.75, 3.05) is 20.2 Å². The molecule has 1 N–H and O–H groups in total. The molecule has 0 spiro atoms. The first kappa shape index (κ1) is 17.0. The summed E-state index contributed by atoms with van der Waals surface area (Å²) in [6.45, 7) is 8.32. The van der Waals surface area contributed by atoms with E-state index in [1.807, 2.05) is 26.8 Å². The molecular formula is C15H25N3O3S. The van der Waals surface area contributed by atoms with E-state index in [-0.39, 0.29) is 12.1 Å². The Hall–Kier alpha value is -1.34. The van der Waals surface area contributed by atoms with Gasteiger partial charge in [0.05, 0.1) is 7.11 Å². The lowest BCUT2D eigenvalue weighted by molar-refractivity contribution is 0.0470. The fourth-order valence-corrected chi connectivity index (χ4v) is 3.20. The van der Waals surface area contributed by atoms with E-state index in [2.05, 4.69) is 14.6 Å². The number of carbonyl (C=O) groups is 1. The monoisotopic (exact) mass is 327 g/mol. The highest BCUT2D eigenvalue weighted by molar-refractivity contribution is 7.05. The summed E-state index contributed by atoms with van der Waals surface area (Å²) in [5.74, 6) is 0.667. The lowest BCUT2D eigenvalue weighted by Crippen LogP contribution is -2.48. The summed E-state index contributed by atoms with van der Waals surface area (Å²) >= 11 is 1.46. The predicted octanol–water partition coefficient (Wildman–Crippen LogP) is 2.64. The number of nitrogens with one attached hydrogen (secondary N) is 1. The Kier molecular flexibility index (Phi) is 5.63. The van der Waals surface area contributed by atoms with E-state index in [0.29, 0.717) is 5.88 Å². The Morgan fingerprint density at radius 2 is 2.32 bits per heavy atom. The van der Waals surface area contributed by atoms with Crippen LogP contribution in [0.5, 0.6) is 5.88 Å². The standard InChI is InChI=1S/C15H25N3O3S/c1-15(2,3)21-14(19)16-11-6-5-7-18(9-11)10-12-8-13(20-4)17-22-12/h8,11H,5-7,9-10H2,1-4H3,(H,16,19). The van der Waals surface area contributed by atoms with Gasteiger partial charge in [0.15, 0.2) is 0 Å². The molecular weight excluding hydrogens is 302 g/mol. The Balaban J connectivity index is 1.82. The Morgan fingerprint density at radius 3 is 2.95 bits per heavy atom. The van der Waals surface area contributed by atoms with Gasteiger partial charge in [0.2, 0.25) is 5.88 Å². The molecule has 0 radical (unpaired) electrons. The van der Waals surface area contributed by atoms with Crippen molar-refractivity contribution < 1.29 is 14.3 Å². The zero-order valence-corrected chi connectivity index (χ0v) is 14.5. The zero-order chi connectivity index (χ0) is 16.2. The summed E-state index contributed by atoms with van der Waals surface area (Å²) in [6, 6.07) is 2.11.